The highest BCUT2D eigenvalue weighted by Crippen LogP contribution is 2.18. The summed E-state index contributed by atoms with van der Waals surface area (Å²) in [7, 11) is 0. The highest BCUT2D eigenvalue weighted by atomic mass is 19.1. The lowest BCUT2D eigenvalue weighted by Crippen LogP contribution is -2.32. The molecule has 1 saturated carbocycles. The molecule has 1 aromatic heterocycles. The van der Waals surface area contributed by atoms with Gasteiger partial charge in [0, 0.05) is 11.6 Å². The van der Waals surface area contributed by atoms with Gasteiger partial charge in [-0.2, -0.15) is 4.68 Å². The first-order chi connectivity index (χ1) is 9.61. The topological polar surface area (TPSA) is 77.1 Å². The number of hydrogen-bond donors (Lipinski definition) is 1. The van der Waals surface area contributed by atoms with E-state index in [9.17, 15) is 14.0 Å². The summed E-state index contributed by atoms with van der Waals surface area (Å²) < 4.78 is 18.7. The number of nitrogens with one attached hydrogen (secondary N) is 1. The monoisotopic (exact) mass is 277 g/mol. The van der Waals surface area contributed by atoms with Gasteiger partial charge >= 0.3 is 5.76 Å². The van der Waals surface area contributed by atoms with E-state index in [0.717, 1.165) is 17.5 Å². The van der Waals surface area contributed by atoms with Gasteiger partial charge in [-0.3, -0.25) is 4.79 Å². The second-order valence-corrected chi connectivity index (χ2v) is 4.68. The third-order valence-electron chi connectivity index (χ3n) is 2.93. The molecular formula is C13H12FN3O3. The van der Waals surface area contributed by atoms with Gasteiger partial charge in [-0.05, 0) is 37.1 Å². The maximum Gasteiger partial charge on any atom is 0.437 e. The van der Waals surface area contributed by atoms with Gasteiger partial charge in [-0.1, -0.05) is 0 Å². The molecule has 1 N–H and O–H groups in total. The predicted octanol–water partition coefficient (Wildman–Crippen LogP) is 0.921. The summed E-state index contributed by atoms with van der Waals surface area (Å²) in [6, 6.07) is 5.62. The number of hydrogen-bond acceptors (Lipinski definition) is 4. The quantitative estimate of drug-likeness (QED) is 0.901. The van der Waals surface area contributed by atoms with Crippen molar-refractivity contribution in [1.82, 2.24) is 15.1 Å². The zero-order valence-electron chi connectivity index (χ0n) is 10.5. The molecule has 0 saturated heterocycles. The molecule has 6 nitrogen and oxygen atoms in total. The standard InChI is InChI=1S/C13H12FN3O3/c14-9-3-1-8(2-4-9)12-16-17(13(19)20-12)7-11(18)15-10-5-6-10/h1-4,10H,5-7H2,(H,15,18). The van der Waals surface area contributed by atoms with Crippen molar-refractivity contribution in [2.75, 3.05) is 0 Å². The lowest BCUT2D eigenvalue weighted by Gasteiger charge is -2.00. The van der Waals surface area contributed by atoms with Crippen LogP contribution in [0.15, 0.2) is 33.5 Å². The van der Waals surface area contributed by atoms with Gasteiger partial charge in [0.15, 0.2) is 0 Å². The molecule has 2 aromatic rings. The Morgan fingerprint density at radius 2 is 2.10 bits per heavy atom. The van der Waals surface area contributed by atoms with Crippen LogP contribution in [0.2, 0.25) is 0 Å². The van der Waals surface area contributed by atoms with Gasteiger partial charge in [0.25, 0.3) is 0 Å². The lowest BCUT2D eigenvalue weighted by molar-refractivity contribution is -0.122. The number of aromatic nitrogens is 2. The Kier molecular flexibility index (Phi) is 3.09. The van der Waals surface area contributed by atoms with Gasteiger partial charge < -0.3 is 9.73 Å². The number of rotatable bonds is 4. The van der Waals surface area contributed by atoms with Crippen molar-refractivity contribution in [1.29, 1.82) is 0 Å². The number of carbonyl (C=O) groups excluding carboxylic acids is 1. The average Bonchev–Trinajstić information content (AvgIpc) is 3.14. The van der Waals surface area contributed by atoms with E-state index in [-0.39, 0.29) is 30.2 Å². The maximum absolute atomic E-state index is 12.8. The summed E-state index contributed by atoms with van der Waals surface area (Å²) in [5.41, 5.74) is 0.477. The Morgan fingerprint density at radius 1 is 1.40 bits per heavy atom. The minimum atomic E-state index is -0.713. The molecular weight excluding hydrogens is 265 g/mol. The van der Waals surface area contributed by atoms with Gasteiger partial charge in [0.1, 0.15) is 12.4 Å². The highest BCUT2D eigenvalue weighted by molar-refractivity contribution is 5.76. The maximum atomic E-state index is 12.8. The first kappa shape index (κ1) is 12.6. The van der Waals surface area contributed by atoms with Gasteiger partial charge in [-0.25, -0.2) is 9.18 Å². The Balaban J connectivity index is 1.77. The van der Waals surface area contributed by atoms with Crippen molar-refractivity contribution in [2.45, 2.75) is 25.4 Å². The van der Waals surface area contributed by atoms with Crippen LogP contribution in [-0.4, -0.2) is 21.7 Å². The number of halogens is 1. The number of carbonyl (C=O) groups is 1. The van der Waals surface area contributed by atoms with Crippen LogP contribution in [0.1, 0.15) is 12.8 Å². The molecule has 104 valence electrons. The molecule has 0 spiro atoms. The predicted molar refractivity (Wildman–Crippen MR) is 67.3 cm³/mol. The molecule has 0 aliphatic heterocycles. The molecule has 20 heavy (non-hydrogen) atoms. The summed E-state index contributed by atoms with van der Waals surface area (Å²) in [5, 5.41) is 6.69. The van der Waals surface area contributed by atoms with Crippen LogP contribution >= 0.6 is 0 Å². The fourth-order valence-corrected chi connectivity index (χ4v) is 1.75. The van der Waals surface area contributed by atoms with E-state index in [2.05, 4.69) is 10.4 Å². The Morgan fingerprint density at radius 3 is 2.75 bits per heavy atom. The Hall–Kier alpha value is -2.44. The van der Waals surface area contributed by atoms with E-state index < -0.39 is 5.76 Å². The smallest absolute Gasteiger partial charge is 0.388 e. The fraction of sp³-hybridized carbons (Fsp3) is 0.308. The third kappa shape index (κ3) is 2.76. The van der Waals surface area contributed by atoms with Crippen molar-refractivity contribution in [3.8, 4) is 11.5 Å². The molecule has 7 heteroatoms. The van der Waals surface area contributed by atoms with Crippen LogP contribution < -0.4 is 11.1 Å². The lowest BCUT2D eigenvalue weighted by atomic mass is 10.2. The minimum absolute atomic E-state index is 0.0641. The molecule has 0 atom stereocenters. The zero-order chi connectivity index (χ0) is 14.1. The molecule has 1 heterocycles. The van der Waals surface area contributed by atoms with Crippen LogP contribution in [0.3, 0.4) is 0 Å². The summed E-state index contributed by atoms with van der Waals surface area (Å²) in [5.74, 6) is -1.31. The van der Waals surface area contributed by atoms with Crippen molar-refractivity contribution in [3.05, 3.63) is 40.6 Å². The largest absolute Gasteiger partial charge is 0.437 e. The van der Waals surface area contributed by atoms with Crippen LogP contribution in [-0.2, 0) is 11.3 Å². The van der Waals surface area contributed by atoms with Crippen LogP contribution in [0.5, 0.6) is 0 Å². The second kappa shape index (κ2) is 4.92. The van der Waals surface area contributed by atoms with Gasteiger partial charge in [-0.15, -0.1) is 5.10 Å². The van der Waals surface area contributed by atoms with Crippen molar-refractivity contribution < 1.29 is 13.6 Å². The number of amides is 1. The van der Waals surface area contributed by atoms with Crippen LogP contribution in [0.4, 0.5) is 4.39 Å². The summed E-state index contributed by atoms with van der Waals surface area (Å²) in [6.07, 6.45) is 1.95. The summed E-state index contributed by atoms with van der Waals surface area (Å²) in [6.45, 7) is -0.181. The van der Waals surface area contributed by atoms with E-state index >= 15 is 0 Å². The first-order valence-corrected chi connectivity index (χ1v) is 6.25. The normalized spacial score (nSPS) is 14.2. The minimum Gasteiger partial charge on any atom is -0.388 e. The Bertz CT molecular complexity index is 686. The molecule has 1 aliphatic rings. The van der Waals surface area contributed by atoms with Crippen molar-refractivity contribution >= 4 is 5.91 Å². The molecule has 0 unspecified atom stereocenters. The second-order valence-electron chi connectivity index (χ2n) is 4.68. The number of nitrogens with zero attached hydrogens (tertiary/aromatic N) is 2. The Labute approximate surface area is 113 Å². The SMILES string of the molecule is O=C(Cn1nc(-c2ccc(F)cc2)oc1=O)NC1CC1. The highest BCUT2D eigenvalue weighted by Gasteiger charge is 2.24. The molecule has 1 fully saturated rings. The van der Waals surface area contributed by atoms with E-state index in [1.807, 2.05) is 0 Å². The summed E-state index contributed by atoms with van der Waals surface area (Å²) in [4.78, 5) is 23.2. The molecule has 1 amide bonds. The van der Waals surface area contributed by atoms with Gasteiger partial charge in [0.05, 0.1) is 0 Å². The first-order valence-electron chi connectivity index (χ1n) is 6.25. The molecule has 1 aliphatic carbocycles. The zero-order valence-corrected chi connectivity index (χ0v) is 10.5. The third-order valence-corrected chi connectivity index (χ3v) is 2.93. The van der Waals surface area contributed by atoms with E-state index in [1.54, 1.807) is 0 Å². The van der Waals surface area contributed by atoms with Gasteiger partial charge in [0.2, 0.25) is 11.8 Å². The number of benzene rings is 1. The molecule has 1 aromatic carbocycles. The van der Waals surface area contributed by atoms with E-state index in [4.69, 9.17) is 4.42 Å². The van der Waals surface area contributed by atoms with Crippen LogP contribution in [0.25, 0.3) is 11.5 Å². The van der Waals surface area contributed by atoms with E-state index in [1.165, 1.54) is 24.3 Å². The average molecular weight is 277 g/mol. The molecule has 3 rings (SSSR count). The fourth-order valence-electron chi connectivity index (χ4n) is 1.75. The van der Waals surface area contributed by atoms with Crippen molar-refractivity contribution in [3.63, 3.8) is 0 Å². The van der Waals surface area contributed by atoms with Crippen LogP contribution in [0, 0.1) is 5.82 Å². The molecule has 0 bridgehead atoms. The summed E-state index contributed by atoms with van der Waals surface area (Å²) >= 11 is 0. The van der Waals surface area contributed by atoms with E-state index in [0.29, 0.717) is 5.56 Å². The molecule has 0 radical (unpaired) electrons. The van der Waals surface area contributed by atoms with Crippen molar-refractivity contribution in [2.24, 2.45) is 0 Å².